The summed E-state index contributed by atoms with van der Waals surface area (Å²) in [5.41, 5.74) is 2.75. The van der Waals surface area contributed by atoms with E-state index in [0.717, 1.165) is 5.69 Å². The highest BCUT2D eigenvalue weighted by Gasteiger charge is 2.20. The molecule has 4 rings (SSSR count). The number of ketones is 1. The van der Waals surface area contributed by atoms with Gasteiger partial charge in [0.05, 0.1) is 5.52 Å². The number of esters is 1. The van der Waals surface area contributed by atoms with Gasteiger partial charge in [-0.15, -0.1) is 0 Å². The molecule has 154 valence electrons. The predicted octanol–water partition coefficient (Wildman–Crippen LogP) is 2.72. The summed E-state index contributed by atoms with van der Waals surface area (Å²) in [7, 11) is 0. The van der Waals surface area contributed by atoms with Crippen molar-refractivity contribution in [2.45, 2.75) is 27.3 Å². The van der Waals surface area contributed by atoms with Crippen molar-refractivity contribution in [3.05, 3.63) is 69.7 Å². The van der Waals surface area contributed by atoms with E-state index in [9.17, 15) is 14.4 Å². The molecule has 30 heavy (non-hydrogen) atoms. The second-order valence-electron chi connectivity index (χ2n) is 6.92. The summed E-state index contributed by atoms with van der Waals surface area (Å²) in [5, 5.41) is 3.98. The number of rotatable bonds is 6. The Bertz CT molecular complexity index is 1320. The molecule has 0 aliphatic rings. The van der Waals surface area contributed by atoms with Gasteiger partial charge in [-0.05, 0) is 39.0 Å². The number of nitrogens with zero attached hydrogens (tertiary/aromatic N) is 3. The van der Waals surface area contributed by atoms with Crippen LogP contribution in [0.2, 0.25) is 0 Å². The first-order chi connectivity index (χ1) is 14.3. The third kappa shape index (κ3) is 3.45. The van der Waals surface area contributed by atoms with Crippen LogP contribution < -0.4 is 5.76 Å². The van der Waals surface area contributed by atoms with Crippen LogP contribution in [0.15, 0.2) is 50.1 Å². The van der Waals surface area contributed by atoms with E-state index >= 15 is 0 Å². The Balaban J connectivity index is 1.47. The Kier molecular flexibility index (Phi) is 4.86. The minimum atomic E-state index is -0.710. The summed E-state index contributed by atoms with van der Waals surface area (Å²) in [5.74, 6) is -0.498. The highest BCUT2D eigenvalue weighted by atomic mass is 16.5. The van der Waals surface area contributed by atoms with E-state index in [1.165, 1.54) is 4.57 Å². The number of Topliss-reactive ketones (excluding diaryl/α,β-unsaturated/α-hetero) is 1. The predicted molar refractivity (Wildman–Crippen MR) is 106 cm³/mol. The zero-order chi connectivity index (χ0) is 21.4. The van der Waals surface area contributed by atoms with Gasteiger partial charge < -0.3 is 13.7 Å². The third-order valence-electron chi connectivity index (χ3n) is 4.80. The van der Waals surface area contributed by atoms with Gasteiger partial charge in [-0.2, -0.15) is 0 Å². The number of aryl methyl sites for hydroxylation is 2. The fourth-order valence-electron chi connectivity index (χ4n) is 3.42. The van der Waals surface area contributed by atoms with Crippen molar-refractivity contribution in [3.8, 4) is 5.82 Å². The molecule has 3 heterocycles. The van der Waals surface area contributed by atoms with E-state index in [1.807, 2.05) is 6.92 Å². The smallest absolute Gasteiger partial charge is 0.420 e. The molecule has 0 fully saturated rings. The van der Waals surface area contributed by atoms with Gasteiger partial charge in [0.25, 0.3) is 0 Å². The van der Waals surface area contributed by atoms with Crippen LogP contribution in [-0.4, -0.2) is 32.7 Å². The summed E-state index contributed by atoms with van der Waals surface area (Å²) in [6, 6.07) is 10.2. The Morgan fingerprint density at radius 2 is 1.90 bits per heavy atom. The van der Waals surface area contributed by atoms with Crippen LogP contribution in [0.5, 0.6) is 0 Å². The number of carbonyl (C=O) groups is 2. The molecule has 9 nitrogen and oxygen atoms in total. The number of fused-ring (bicyclic) bond motifs is 1. The maximum Gasteiger partial charge on any atom is 0.420 e. The van der Waals surface area contributed by atoms with Crippen LogP contribution in [0.25, 0.3) is 16.9 Å². The summed E-state index contributed by atoms with van der Waals surface area (Å²) < 4.78 is 18.3. The van der Waals surface area contributed by atoms with E-state index in [-0.39, 0.29) is 12.3 Å². The molecule has 0 aliphatic heterocycles. The van der Waals surface area contributed by atoms with Gasteiger partial charge in [0, 0.05) is 23.0 Å². The van der Waals surface area contributed by atoms with E-state index < -0.39 is 18.3 Å². The first-order valence-electron chi connectivity index (χ1n) is 9.25. The molecule has 9 heteroatoms. The molecule has 3 aromatic heterocycles. The summed E-state index contributed by atoms with van der Waals surface area (Å²) >= 11 is 0. The average Bonchev–Trinajstić information content (AvgIpc) is 3.36. The lowest BCUT2D eigenvalue weighted by Crippen LogP contribution is -2.23. The maximum absolute atomic E-state index is 12.6. The Morgan fingerprint density at radius 1 is 1.13 bits per heavy atom. The Labute approximate surface area is 170 Å². The highest BCUT2D eigenvalue weighted by molar-refractivity contribution is 5.99. The van der Waals surface area contributed by atoms with Crippen LogP contribution in [0, 0.1) is 20.8 Å². The molecule has 0 unspecified atom stereocenters. The number of aromatic nitrogens is 3. The van der Waals surface area contributed by atoms with Crippen LogP contribution in [0.1, 0.15) is 27.5 Å². The minimum absolute atomic E-state index is 0.347. The molecule has 0 spiro atoms. The minimum Gasteiger partial charge on any atom is -0.456 e. The van der Waals surface area contributed by atoms with Crippen molar-refractivity contribution in [3.63, 3.8) is 0 Å². The summed E-state index contributed by atoms with van der Waals surface area (Å²) in [6.07, 6.45) is 0. The molecule has 0 saturated carbocycles. The Hall–Kier alpha value is -3.88. The van der Waals surface area contributed by atoms with Crippen molar-refractivity contribution in [2.75, 3.05) is 6.61 Å². The number of oxazole rings is 1. The zero-order valence-electron chi connectivity index (χ0n) is 16.7. The number of hydrogen-bond acceptors (Lipinski definition) is 7. The largest absolute Gasteiger partial charge is 0.456 e. The summed E-state index contributed by atoms with van der Waals surface area (Å²) in [4.78, 5) is 36.8. The van der Waals surface area contributed by atoms with Crippen molar-refractivity contribution in [1.29, 1.82) is 0 Å². The van der Waals surface area contributed by atoms with Gasteiger partial charge in [-0.25, -0.2) is 4.79 Å². The van der Waals surface area contributed by atoms with Gasteiger partial charge in [0.2, 0.25) is 5.78 Å². The molecule has 0 atom stereocenters. The fourth-order valence-corrected chi connectivity index (χ4v) is 3.42. The molecule has 0 radical (unpaired) electrons. The van der Waals surface area contributed by atoms with Gasteiger partial charge in [0.1, 0.15) is 12.3 Å². The topological polar surface area (TPSA) is 109 Å². The quantitative estimate of drug-likeness (QED) is 0.356. The van der Waals surface area contributed by atoms with Crippen LogP contribution in [0.4, 0.5) is 0 Å². The SMILES string of the molecule is Cc1cc(-n2c(C)cc(C(=O)COC(=O)Cn3c(=O)oc4ccccc43)c2C)no1. The number of hydrogen-bond donors (Lipinski definition) is 0. The molecule has 0 bridgehead atoms. The fraction of sp³-hybridized carbons (Fsp3) is 0.238. The molecule has 0 amide bonds. The van der Waals surface area contributed by atoms with Gasteiger partial charge in [0.15, 0.2) is 18.0 Å². The molecule has 0 N–H and O–H groups in total. The van der Waals surface area contributed by atoms with Crippen LogP contribution >= 0.6 is 0 Å². The monoisotopic (exact) mass is 409 g/mol. The second kappa shape index (κ2) is 7.51. The van der Waals surface area contributed by atoms with Crippen LogP contribution in [-0.2, 0) is 16.1 Å². The number of para-hydroxylation sites is 2. The van der Waals surface area contributed by atoms with E-state index in [0.29, 0.717) is 33.9 Å². The third-order valence-corrected chi connectivity index (χ3v) is 4.80. The van der Waals surface area contributed by atoms with Crippen LogP contribution in [0.3, 0.4) is 0 Å². The number of ether oxygens (including phenoxy) is 1. The van der Waals surface area contributed by atoms with E-state index in [2.05, 4.69) is 5.16 Å². The average molecular weight is 409 g/mol. The van der Waals surface area contributed by atoms with Crippen molar-refractivity contribution < 1.29 is 23.3 Å². The normalized spacial score (nSPS) is 11.2. The molecule has 4 aromatic rings. The van der Waals surface area contributed by atoms with Crippen molar-refractivity contribution >= 4 is 22.9 Å². The Morgan fingerprint density at radius 3 is 2.63 bits per heavy atom. The van der Waals surface area contributed by atoms with E-state index in [1.54, 1.807) is 54.8 Å². The second-order valence-corrected chi connectivity index (χ2v) is 6.92. The molecular formula is C21H19N3O6. The number of benzene rings is 1. The van der Waals surface area contributed by atoms with Crippen molar-refractivity contribution in [1.82, 2.24) is 14.3 Å². The van der Waals surface area contributed by atoms with E-state index in [4.69, 9.17) is 13.7 Å². The molecule has 0 saturated heterocycles. The summed E-state index contributed by atoms with van der Waals surface area (Å²) in [6.45, 7) is 4.62. The highest BCUT2D eigenvalue weighted by Crippen LogP contribution is 2.21. The lowest BCUT2D eigenvalue weighted by Gasteiger charge is -2.06. The number of carbonyl (C=O) groups excluding carboxylic acids is 2. The van der Waals surface area contributed by atoms with Gasteiger partial charge >= 0.3 is 11.7 Å². The molecular weight excluding hydrogens is 390 g/mol. The zero-order valence-corrected chi connectivity index (χ0v) is 16.7. The van der Waals surface area contributed by atoms with Crippen molar-refractivity contribution in [2.24, 2.45) is 0 Å². The molecule has 0 aliphatic carbocycles. The first kappa shape index (κ1) is 19.4. The standard InChI is InChI=1S/C21H19N3O6/c1-12-8-15(14(3)24(12)19-9-13(2)30-22-19)17(25)11-28-20(26)10-23-16-6-4-5-7-18(16)29-21(23)27/h4-9H,10-11H2,1-3H3. The maximum atomic E-state index is 12.6. The lowest BCUT2D eigenvalue weighted by atomic mass is 10.1. The van der Waals surface area contributed by atoms with Gasteiger partial charge in [-0.3, -0.25) is 18.7 Å². The molecule has 1 aromatic carbocycles. The van der Waals surface area contributed by atoms with Gasteiger partial charge in [-0.1, -0.05) is 17.3 Å². The first-order valence-corrected chi connectivity index (χ1v) is 9.25. The lowest BCUT2D eigenvalue weighted by molar-refractivity contribution is -0.143.